The number of hydrogen-bond donors (Lipinski definition) is 3. The first kappa shape index (κ1) is 21.9. The Morgan fingerprint density at radius 2 is 1.94 bits per heavy atom. The van der Waals surface area contributed by atoms with Gasteiger partial charge in [0.25, 0.3) is 0 Å². The van der Waals surface area contributed by atoms with Gasteiger partial charge in [0, 0.05) is 40.7 Å². The normalized spacial score (nSPS) is 12.1. The molecule has 5 nitrogen and oxygen atoms in total. The molecule has 3 N–H and O–H groups in total. The van der Waals surface area contributed by atoms with Gasteiger partial charge in [-0.15, -0.1) is 0 Å². The topological polar surface area (TPSA) is 74.3 Å². The highest BCUT2D eigenvalue weighted by Gasteiger charge is 2.20. The first-order valence-corrected chi connectivity index (χ1v) is 10.9. The molecule has 0 amide bonds. The van der Waals surface area contributed by atoms with Crippen molar-refractivity contribution in [3.63, 3.8) is 0 Å². The number of benzene rings is 3. The summed E-state index contributed by atoms with van der Waals surface area (Å²) in [6, 6.07) is 20.7. The minimum atomic E-state index is -0.903. The van der Waals surface area contributed by atoms with Crippen LogP contribution in [0, 0.1) is 6.92 Å². The molecule has 0 unspecified atom stereocenters. The summed E-state index contributed by atoms with van der Waals surface area (Å²) in [5, 5.41) is 14.6. The van der Waals surface area contributed by atoms with Crippen LogP contribution < -0.4 is 10.1 Å². The smallest absolute Gasteiger partial charge is 0.321 e. The third-order valence-corrected chi connectivity index (χ3v) is 5.67. The fourth-order valence-corrected chi connectivity index (χ4v) is 3.99. The Labute approximate surface area is 192 Å². The van der Waals surface area contributed by atoms with E-state index in [1.807, 2.05) is 67.7 Å². The van der Waals surface area contributed by atoms with E-state index in [2.05, 4.69) is 16.4 Å². The highest BCUT2D eigenvalue weighted by molar-refractivity contribution is 6.30. The Bertz CT molecular complexity index is 1230. The van der Waals surface area contributed by atoms with Gasteiger partial charge in [0.15, 0.2) is 0 Å². The lowest BCUT2D eigenvalue weighted by atomic mass is 10.0. The van der Waals surface area contributed by atoms with E-state index in [1.165, 1.54) is 5.56 Å². The second-order valence-corrected chi connectivity index (χ2v) is 8.30. The second-order valence-electron chi connectivity index (χ2n) is 7.87. The number of nitrogens with one attached hydrogen (secondary N) is 2. The van der Waals surface area contributed by atoms with Gasteiger partial charge < -0.3 is 14.8 Å². The molecule has 0 spiro atoms. The van der Waals surface area contributed by atoms with Crippen molar-refractivity contribution in [1.29, 1.82) is 0 Å². The molecule has 4 aromatic rings. The van der Waals surface area contributed by atoms with Crippen molar-refractivity contribution in [3.05, 3.63) is 100 Å². The summed E-state index contributed by atoms with van der Waals surface area (Å²) in [6.07, 6.45) is 2.23. The van der Waals surface area contributed by atoms with Crippen molar-refractivity contribution in [3.8, 4) is 5.75 Å². The maximum atomic E-state index is 11.9. The predicted octanol–water partition coefficient (Wildman–Crippen LogP) is 5.49. The van der Waals surface area contributed by atoms with Crippen molar-refractivity contribution in [2.75, 3.05) is 0 Å². The minimum absolute atomic E-state index is 0.322. The Morgan fingerprint density at radius 3 is 2.75 bits per heavy atom. The molecule has 0 aliphatic carbocycles. The molecule has 0 radical (unpaired) electrons. The van der Waals surface area contributed by atoms with E-state index in [4.69, 9.17) is 16.3 Å². The van der Waals surface area contributed by atoms with Gasteiger partial charge in [0.05, 0.1) is 0 Å². The quantitative estimate of drug-likeness (QED) is 0.316. The predicted molar refractivity (Wildman–Crippen MR) is 127 cm³/mol. The Morgan fingerprint density at radius 1 is 1.09 bits per heavy atom. The molecule has 164 valence electrons. The molecule has 0 aliphatic heterocycles. The molecule has 3 aromatic carbocycles. The number of carbonyl (C=O) groups is 1. The molecule has 0 bridgehead atoms. The van der Waals surface area contributed by atoms with Crippen molar-refractivity contribution in [2.45, 2.75) is 32.5 Å². The highest BCUT2D eigenvalue weighted by Crippen LogP contribution is 2.25. The van der Waals surface area contributed by atoms with E-state index < -0.39 is 12.0 Å². The minimum Gasteiger partial charge on any atom is -0.489 e. The summed E-state index contributed by atoms with van der Waals surface area (Å²) >= 11 is 6.21. The maximum Gasteiger partial charge on any atom is 0.321 e. The van der Waals surface area contributed by atoms with Gasteiger partial charge >= 0.3 is 5.97 Å². The van der Waals surface area contributed by atoms with Crippen molar-refractivity contribution in [2.24, 2.45) is 0 Å². The number of halogens is 1. The molecule has 1 aromatic heterocycles. The van der Waals surface area contributed by atoms with E-state index >= 15 is 0 Å². The van der Waals surface area contributed by atoms with E-state index in [-0.39, 0.29) is 0 Å². The molecule has 0 fully saturated rings. The fraction of sp³-hybridized carbons (Fsp3) is 0.192. The monoisotopic (exact) mass is 448 g/mol. The van der Waals surface area contributed by atoms with Crippen LogP contribution in [0.2, 0.25) is 5.02 Å². The number of rotatable bonds is 9. The van der Waals surface area contributed by atoms with Crippen LogP contribution in [0.3, 0.4) is 0 Å². The number of fused-ring (bicyclic) bond motifs is 1. The lowest BCUT2D eigenvalue weighted by Gasteiger charge is -2.17. The van der Waals surface area contributed by atoms with E-state index in [9.17, 15) is 9.90 Å². The SMILES string of the molecule is Cc1cccc(COc2ccc(Cl)cc2CN[C@@H](Cc2c[nH]c3ccccc23)C(=O)O)c1. The van der Waals surface area contributed by atoms with E-state index in [1.54, 1.807) is 6.07 Å². The van der Waals surface area contributed by atoms with Gasteiger partial charge in [-0.1, -0.05) is 59.6 Å². The first-order chi connectivity index (χ1) is 15.5. The van der Waals surface area contributed by atoms with Crippen molar-refractivity contribution < 1.29 is 14.6 Å². The molecule has 4 rings (SSSR count). The van der Waals surface area contributed by atoms with Gasteiger partial charge in [0.1, 0.15) is 18.4 Å². The highest BCUT2D eigenvalue weighted by atomic mass is 35.5. The zero-order valence-electron chi connectivity index (χ0n) is 17.8. The number of aromatic nitrogens is 1. The molecule has 6 heteroatoms. The zero-order valence-corrected chi connectivity index (χ0v) is 18.5. The molecule has 0 saturated heterocycles. The van der Waals surface area contributed by atoms with E-state index in [0.717, 1.165) is 27.6 Å². The summed E-state index contributed by atoms with van der Waals surface area (Å²) in [6.45, 7) is 2.79. The third-order valence-electron chi connectivity index (χ3n) is 5.44. The Hall–Kier alpha value is -3.28. The van der Waals surface area contributed by atoms with Gasteiger partial charge in [-0.05, 0) is 42.3 Å². The molecule has 1 atom stereocenters. The van der Waals surface area contributed by atoms with Crippen LogP contribution in [0.4, 0.5) is 0 Å². The largest absolute Gasteiger partial charge is 0.489 e. The second kappa shape index (κ2) is 9.90. The number of aryl methyl sites for hydroxylation is 1. The van der Waals surface area contributed by atoms with Gasteiger partial charge in [-0.3, -0.25) is 10.1 Å². The molecule has 1 heterocycles. The summed E-state index contributed by atoms with van der Waals surface area (Å²) in [5.41, 5.74) is 5.01. The number of aliphatic carboxylic acids is 1. The number of para-hydroxylation sites is 1. The fourth-order valence-electron chi connectivity index (χ4n) is 3.79. The lowest BCUT2D eigenvalue weighted by molar-refractivity contribution is -0.139. The number of H-pyrrole nitrogens is 1. The van der Waals surface area contributed by atoms with Crippen LogP contribution in [0.1, 0.15) is 22.3 Å². The van der Waals surface area contributed by atoms with Gasteiger partial charge in [0.2, 0.25) is 0 Å². The maximum absolute atomic E-state index is 11.9. The molecule has 0 aliphatic rings. The van der Waals surface area contributed by atoms with Crippen LogP contribution in [-0.2, 0) is 24.4 Å². The van der Waals surface area contributed by atoms with Crippen LogP contribution in [0.25, 0.3) is 10.9 Å². The first-order valence-electron chi connectivity index (χ1n) is 10.5. The average molecular weight is 449 g/mol. The Balaban J connectivity index is 1.47. The number of aromatic amines is 1. The van der Waals surface area contributed by atoms with Crippen LogP contribution >= 0.6 is 11.6 Å². The van der Waals surface area contributed by atoms with Crippen molar-refractivity contribution >= 4 is 28.5 Å². The molecule has 0 saturated carbocycles. The number of ether oxygens (including phenoxy) is 1. The van der Waals surface area contributed by atoms with Gasteiger partial charge in [-0.2, -0.15) is 0 Å². The molecule has 32 heavy (non-hydrogen) atoms. The number of carboxylic acid groups (broad SMARTS) is 1. The Kier molecular flexibility index (Phi) is 6.78. The standard InChI is InChI=1S/C26H25ClN2O3/c1-17-5-4-6-18(11-17)16-32-25-10-9-21(27)12-20(25)15-29-24(26(30)31)13-19-14-28-23-8-3-2-7-22(19)23/h2-12,14,24,28-29H,13,15-16H2,1H3,(H,30,31)/t24-/m0/s1. The van der Waals surface area contributed by atoms with Crippen molar-refractivity contribution in [1.82, 2.24) is 10.3 Å². The third kappa shape index (κ3) is 5.31. The number of carboxylic acids is 1. The molecular formula is C26H25ClN2O3. The summed E-state index contributed by atoms with van der Waals surface area (Å²) in [4.78, 5) is 15.1. The number of hydrogen-bond acceptors (Lipinski definition) is 3. The summed E-state index contributed by atoms with van der Waals surface area (Å²) in [7, 11) is 0. The lowest BCUT2D eigenvalue weighted by Crippen LogP contribution is -2.38. The van der Waals surface area contributed by atoms with Gasteiger partial charge in [-0.25, -0.2) is 0 Å². The zero-order chi connectivity index (χ0) is 22.5. The summed E-state index contributed by atoms with van der Waals surface area (Å²) < 4.78 is 6.04. The molecular weight excluding hydrogens is 424 g/mol. The van der Waals surface area contributed by atoms with Crippen LogP contribution in [-0.4, -0.2) is 22.1 Å². The van der Waals surface area contributed by atoms with Crippen LogP contribution in [0.5, 0.6) is 5.75 Å². The summed E-state index contributed by atoms with van der Waals surface area (Å²) in [5.74, 6) is -0.223. The van der Waals surface area contributed by atoms with E-state index in [0.29, 0.717) is 30.3 Å². The average Bonchev–Trinajstić information content (AvgIpc) is 3.18. The van der Waals surface area contributed by atoms with Crippen LogP contribution in [0.15, 0.2) is 72.9 Å².